The molecule has 1 N–H and O–H groups in total. The van der Waals surface area contributed by atoms with Crippen molar-refractivity contribution in [2.24, 2.45) is 4.99 Å². The Morgan fingerprint density at radius 3 is 2.36 bits per heavy atom. The Balaban J connectivity index is 1.21. The number of pyridine rings is 1. The predicted octanol–water partition coefficient (Wildman–Crippen LogP) is 7.10. The zero-order valence-corrected chi connectivity index (χ0v) is 19.3. The summed E-state index contributed by atoms with van der Waals surface area (Å²) >= 11 is 0. The largest absolute Gasteiger partial charge is 0.444 e. The summed E-state index contributed by atoms with van der Waals surface area (Å²) in [6.07, 6.45) is 2.24. The fourth-order valence-corrected chi connectivity index (χ4v) is 4.19. The molecule has 2 heterocycles. The van der Waals surface area contributed by atoms with E-state index in [2.05, 4.69) is 15.3 Å². The van der Waals surface area contributed by atoms with Gasteiger partial charge in [0.15, 0.2) is 0 Å². The van der Waals surface area contributed by atoms with Gasteiger partial charge in [0.25, 0.3) is 0 Å². The summed E-state index contributed by atoms with van der Waals surface area (Å²) in [6, 6.07) is 24.5. The Labute approximate surface area is 207 Å². The first-order valence-corrected chi connectivity index (χ1v) is 11.6. The molecule has 36 heavy (non-hydrogen) atoms. The van der Waals surface area contributed by atoms with E-state index in [-0.39, 0.29) is 18.2 Å². The molecule has 1 atom stereocenters. The first kappa shape index (κ1) is 23.4. The van der Waals surface area contributed by atoms with E-state index in [0.717, 1.165) is 22.4 Å². The van der Waals surface area contributed by atoms with Crippen LogP contribution in [0.5, 0.6) is 0 Å². The second-order valence-corrected chi connectivity index (χ2v) is 8.47. The molecular formula is C29H23F2N3O2. The Morgan fingerprint density at radius 2 is 1.67 bits per heavy atom. The molecule has 4 aromatic rings. The molecule has 0 saturated heterocycles. The third kappa shape index (κ3) is 5.30. The zero-order valence-electron chi connectivity index (χ0n) is 19.3. The van der Waals surface area contributed by atoms with Crippen LogP contribution in [0.25, 0.3) is 11.3 Å². The molecule has 1 aliphatic heterocycles. The van der Waals surface area contributed by atoms with Crippen LogP contribution in [0, 0.1) is 11.6 Å². The van der Waals surface area contributed by atoms with E-state index in [9.17, 15) is 13.6 Å². The molecule has 0 radical (unpaired) electrons. The van der Waals surface area contributed by atoms with E-state index in [4.69, 9.17) is 4.74 Å². The molecule has 0 bridgehead atoms. The van der Waals surface area contributed by atoms with Gasteiger partial charge in [-0.05, 0) is 48.2 Å². The number of amides is 1. The number of hydrogen-bond donors (Lipinski definition) is 1. The van der Waals surface area contributed by atoms with E-state index >= 15 is 0 Å². The maximum atomic E-state index is 14.1. The number of benzene rings is 3. The third-order valence-corrected chi connectivity index (χ3v) is 6.03. The quantitative estimate of drug-likeness (QED) is 0.318. The number of anilines is 1. The highest BCUT2D eigenvalue weighted by atomic mass is 19.1. The Morgan fingerprint density at radius 1 is 0.917 bits per heavy atom. The van der Waals surface area contributed by atoms with Crippen molar-refractivity contribution in [3.8, 4) is 11.3 Å². The molecule has 7 heteroatoms. The highest BCUT2D eigenvalue weighted by Crippen LogP contribution is 2.33. The number of rotatable bonds is 6. The van der Waals surface area contributed by atoms with Crippen LogP contribution in [-0.4, -0.2) is 16.8 Å². The van der Waals surface area contributed by atoms with Crippen molar-refractivity contribution in [1.82, 2.24) is 4.98 Å². The number of aromatic nitrogens is 1. The van der Waals surface area contributed by atoms with Crippen molar-refractivity contribution < 1.29 is 18.3 Å². The van der Waals surface area contributed by atoms with Crippen LogP contribution in [0.15, 0.2) is 96.1 Å². The molecule has 3 aromatic carbocycles. The molecule has 0 saturated carbocycles. The maximum absolute atomic E-state index is 14.1. The van der Waals surface area contributed by atoms with Crippen molar-refractivity contribution >= 4 is 17.5 Å². The van der Waals surface area contributed by atoms with Crippen molar-refractivity contribution in [2.75, 3.05) is 5.32 Å². The van der Waals surface area contributed by atoms with Crippen LogP contribution < -0.4 is 5.32 Å². The second-order valence-electron chi connectivity index (χ2n) is 8.47. The standard InChI is InChI=1S/C29H23F2N3O2/c30-23-7-4-8-24(31)28(23)27-16-15-26(34-27)21-11-9-20(10-12-21)25-14-13-22(17-32-25)33-29(35)36-18-19-5-2-1-3-6-19/h1-14,17,26H,15-16,18H2,(H,33,35). The summed E-state index contributed by atoms with van der Waals surface area (Å²) in [6.45, 7) is 0.187. The molecule has 1 amide bonds. The van der Waals surface area contributed by atoms with Crippen molar-refractivity contribution in [1.29, 1.82) is 0 Å². The summed E-state index contributed by atoms with van der Waals surface area (Å²) in [5.41, 5.74) is 4.49. The number of halogens is 2. The summed E-state index contributed by atoms with van der Waals surface area (Å²) in [5, 5.41) is 2.67. The fourth-order valence-electron chi connectivity index (χ4n) is 4.19. The average molecular weight is 484 g/mol. The lowest BCUT2D eigenvalue weighted by atomic mass is 10.0. The molecule has 1 aliphatic rings. The normalized spacial score (nSPS) is 14.8. The number of aliphatic imine (C=N–C) groups is 1. The van der Waals surface area contributed by atoms with Gasteiger partial charge in [-0.3, -0.25) is 15.3 Å². The van der Waals surface area contributed by atoms with E-state index in [0.29, 0.717) is 24.2 Å². The smallest absolute Gasteiger partial charge is 0.412 e. The van der Waals surface area contributed by atoms with Crippen LogP contribution in [0.3, 0.4) is 0 Å². The maximum Gasteiger partial charge on any atom is 0.412 e. The molecule has 180 valence electrons. The van der Waals surface area contributed by atoms with Crippen molar-refractivity contribution in [3.63, 3.8) is 0 Å². The molecule has 5 rings (SSSR count). The lowest BCUT2D eigenvalue weighted by molar-refractivity contribution is 0.155. The number of carbonyl (C=O) groups is 1. The second kappa shape index (κ2) is 10.5. The van der Waals surface area contributed by atoms with Crippen molar-refractivity contribution in [3.05, 3.63) is 119 Å². The highest BCUT2D eigenvalue weighted by molar-refractivity contribution is 6.02. The zero-order chi connectivity index (χ0) is 24.9. The molecule has 5 nitrogen and oxygen atoms in total. The SMILES string of the molecule is O=C(Nc1ccc(-c2ccc(C3CCC(c4c(F)cccc4F)=N3)cc2)nc1)OCc1ccccc1. The van der Waals surface area contributed by atoms with Gasteiger partial charge in [-0.1, -0.05) is 60.7 Å². The monoisotopic (exact) mass is 483 g/mol. The van der Waals surface area contributed by atoms with Gasteiger partial charge in [-0.25, -0.2) is 13.6 Å². The van der Waals surface area contributed by atoms with Gasteiger partial charge >= 0.3 is 6.09 Å². The van der Waals surface area contributed by atoms with E-state index in [1.807, 2.05) is 60.7 Å². The summed E-state index contributed by atoms with van der Waals surface area (Å²) < 4.78 is 33.5. The van der Waals surface area contributed by atoms with E-state index < -0.39 is 17.7 Å². The minimum atomic E-state index is -0.585. The van der Waals surface area contributed by atoms with Gasteiger partial charge in [-0.2, -0.15) is 0 Å². The van der Waals surface area contributed by atoms with Gasteiger partial charge in [0.1, 0.15) is 18.2 Å². The molecular weight excluding hydrogens is 460 g/mol. The van der Waals surface area contributed by atoms with Gasteiger partial charge < -0.3 is 4.74 Å². The summed E-state index contributed by atoms with van der Waals surface area (Å²) in [5.74, 6) is -1.17. The lowest BCUT2D eigenvalue weighted by Gasteiger charge is -2.09. The lowest BCUT2D eigenvalue weighted by Crippen LogP contribution is -2.13. The molecule has 0 fully saturated rings. The molecule has 0 aliphatic carbocycles. The van der Waals surface area contributed by atoms with E-state index in [1.165, 1.54) is 18.2 Å². The van der Waals surface area contributed by atoms with Gasteiger partial charge in [0.05, 0.1) is 29.2 Å². The van der Waals surface area contributed by atoms with Crippen molar-refractivity contribution in [2.45, 2.75) is 25.5 Å². The average Bonchev–Trinajstić information content (AvgIpc) is 3.38. The van der Waals surface area contributed by atoms with Crippen LogP contribution in [0.2, 0.25) is 0 Å². The number of hydrogen-bond acceptors (Lipinski definition) is 4. The number of nitrogens with one attached hydrogen (secondary N) is 1. The number of nitrogens with zero attached hydrogens (tertiary/aromatic N) is 2. The number of carbonyl (C=O) groups excluding carboxylic acids is 1. The van der Waals surface area contributed by atoms with Gasteiger partial charge in [0.2, 0.25) is 0 Å². The minimum Gasteiger partial charge on any atom is -0.444 e. The Kier molecular flexibility index (Phi) is 6.80. The summed E-state index contributed by atoms with van der Waals surface area (Å²) in [4.78, 5) is 21.1. The summed E-state index contributed by atoms with van der Waals surface area (Å²) in [7, 11) is 0. The number of ether oxygens (including phenoxy) is 1. The van der Waals surface area contributed by atoms with Crippen LogP contribution in [0.4, 0.5) is 19.3 Å². The first-order chi connectivity index (χ1) is 17.6. The van der Waals surface area contributed by atoms with Crippen LogP contribution in [-0.2, 0) is 11.3 Å². The molecule has 0 spiro atoms. The minimum absolute atomic E-state index is 0.0292. The fraction of sp³-hybridized carbons (Fsp3) is 0.138. The molecule has 1 aromatic heterocycles. The van der Waals surface area contributed by atoms with Gasteiger partial charge in [0, 0.05) is 11.3 Å². The van der Waals surface area contributed by atoms with Gasteiger partial charge in [-0.15, -0.1) is 0 Å². The Hall–Kier alpha value is -4.39. The predicted molar refractivity (Wildman–Crippen MR) is 135 cm³/mol. The molecule has 1 unspecified atom stereocenters. The third-order valence-electron chi connectivity index (χ3n) is 6.03. The highest BCUT2D eigenvalue weighted by Gasteiger charge is 2.24. The van der Waals surface area contributed by atoms with E-state index in [1.54, 1.807) is 12.3 Å². The van der Waals surface area contributed by atoms with Crippen LogP contribution >= 0.6 is 0 Å². The van der Waals surface area contributed by atoms with Crippen LogP contribution in [0.1, 0.15) is 35.6 Å². The first-order valence-electron chi connectivity index (χ1n) is 11.6. The topological polar surface area (TPSA) is 63.6 Å². The Bertz CT molecular complexity index is 1370.